The van der Waals surface area contributed by atoms with E-state index in [2.05, 4.69) is 0 Å². The first kappa shape index (κ1) is 8.17. The third-order valence-corrected chi connectivity index (χ3v) is 1.98. The van der Waals surface area contributed by atoms with Crippen LogP contribution in [-0.4, -0.2) is 11.0 Å². The first-order valence-electron chi connectivity index (χ1n) is 3.60. The molecular weight excluding hydrogens is 149 g/mol. The van der Waals surface area contributed by atoms with Gasteiger partial charge in [-0.1, -0.05) is 6.92 Å². The van der Waals surface area contributed by atoms with Crippen molar-refractivity contribution in [2.45, 2.75) is 25.8 Å². The molecule has 2 atom stereocenters. The number of nitro groups is 1. The van der Waals surface area contributed by atoms with Crippen molar-refractivity contribution in [3.05, 3.63) is 22.0 Å². The van der Waals surface area contributed by atoms with E-state index < -0.39 is 6.04 Å². The predicted octanol–water partition coefficient (Wildman–Crippen LogP) is 1.92. The summed E-state index contributed by atoms with van der Waals surface area (Å²) in [6.45, 7) is 1.67. The fourth-order valence-corrected chi connectivity index (χ4v) is 1.24. The van der Waals surface area contributed by atoms with Gasteiger partial charge in [0.05, 0.1) is 5.83 Å². The molecule has 0 radical (unpaired) electrons. The SMILES string of the molecule is CC1CC([N+](=O)[O-])CC=C1F. The quantitative estimate of drug-likeness (QED) is 0.433. The van der Waals surface area contributed by atoms with Crippen molar-refractivity contribution < 1.29 is 9.31 Å². The molecule has 0 amide bonds. The lowest BCUT2D eigenvalue weighted by molar-refractivity contribution is -0.524. The van der Waals surface area contributed by atoms with Crippen molar-refractivity contribution in [3.63, 3.8) is 0 Å². The van der Waals surface area contributed by atoms with Crippen molar-refractivity contribution in [2.24, 2.45) is 5.92 Å². The summed E-state index contributed by atoms with van der Waals surface area (Å²) >= 11 is 0. The van der Waals surface area contributed by atoms with Crippen molar-refractivity contribution in [2.75, 3.05) is 0 Å². The summed E-state index contributed by atoms with van der Waals surface area (Å²) in [6, 6.07) is -0.579. The van der Waals surface area contributed by atoms with E-state index in [-0.39, 0.29) is 23.1 Å². The standard InChI is InChI=1S/C7H10FNO2/c1-5-4-6(9(10)11)2-3-7(5)8/h3,5-6H,2,4H2,1H3. The lowest BCUT2D eigenvalue weighted by atomic mass is 9.93. The Kier molecular flexibility index (Phi) is 2.22. The van der Waals surface area contributed by atoms with Crippen LogP contribution in [0.4, 0.5) is 4.39 Å². The van der Waals surface area contributed by atoms with E-state index in [9.17, 15) is 14.5 Å². The third kappa shape index (κ3) is 1.76. The lowest BCUT2D eigenvalue weighted by Gasteiger charge is -2.17. The maximum absolute atomic E-state index is 12.7. The Morgan fingerprint density at radius 3 is 2.91 bits per heavy atom. The predicted molar refractivity (Wildman–Crippen MR) is 38.4 cm³/mol. The average molecular weight is 159 g/mol. The summed E-state index contributed by atoms with van der Waals surface area (Å²) in [5, 5.41) is 10.3. The first-order chi connectivity index (χ1) is 5.11. The second kappa shape index (κ2) is 2.98. The van der Waals surface area contributed by atoms with E-state index in [1.807, 2.05) is 0 Å². The van der Waals surface area contributed by atoms with Crippen LogP contribution in [-0.2, 0) is 0 Å². The summed E-state index contributed by atoms with van der Waals surface area (Å²) in [7, 11) is 0. The van der Waals surface area contributed by atoms with Gasteiger partial charge < -0.3 is 0 Å². The number of nitrogens with zero attached hydrogens (tertiary/aromatic N) is 1. The Morgan fingerprint density at radius 2 is 2.45 bits per heavy atom. The average Bonchev–Trinajstić information content (AvgIpc) is 1.94. The largest absolute Gasteiger partial charge is 0.264 e. The fraction of sp³-hybridized carbons (Fsp3) is 0.714. The van der Waals surface area contributed by atoms with Gasteiger partial charge in [-0.05, 0) is 6.08 Å². The summed E-state index contributed by atoms with van der Waals surface area (Å²) < 4.78 is 12.7. The van der Waals surface area contributed by atoms with Crippen LogP contribution in [0.5, 0.6) is 0 Å². The Balaban J connectivity index is 2.62. The minimum atomic E-state index is -0.579. The zero-order chi connectivity index (χ0) is 8.43. The molecule has 0 aromatic rings. The molecule has 4 heteroatoms. The summed E-state index contributed by atoms with van der Waals surface area (Å²) in [5.41, 5.74) is 0. The topological polar surface area (TPSA) is 43.1 Å². The van der Waals surface area contributed by atoms with E-state index in [0.29, 0.717) is 6.42 Å². The zero-order valence-corrected chi connectivity index (χ0v) is 6.29. The number of rotatable bonds is 1. The Bertz CT molecular complexity index is 203. The van der Waals surface area contributed by atoms with Gasteiger partial charge >= 0.3 is 0 Å². The van der Waals surface area contributed by atoms with Crippen molar-refractivity contribution in [1.29, 1.82) is 0 Å². The molecule has 0 aromatic heterocycles. The highest BCUT2D eigenvalue weighted by Crippen LogP contribution is 2.26. The molecule has 2 unspecified atom stereocenters. The van der Waals surface area contributed by atoms with E-state index in [1.165, 1.54) is 6.08 Å². The normalized spacial score (nSPS) is 31.3. The van der Waals surface area contributed by atoms with Gasteiger partial charge in [-0.15, -0.1) is 0 Å². The van der Waals surface area contributed by atoms with Gasteiger partial charge in [0.1, 0.15) is 0 Å². The van der Waals surface area contributed by atoms with Crippen LogP contribution in [0.25, 0.3) is 0 Å². The van der Waals surface area contributed by atoms with Crippen LogP contribution in [0, 0.1) is 16.0 Å². The molecule has 0 saturated carbocycles. The van der Waals surface area contributed by atoms with Crippen LogP contribution in [0.3, 0.4) is 0 Å². The van der Waals surface area contributed by atoms with Crippen LogP contribution in [0.2, 0.25) is 0 Å². The second-order valence-corrected chi connectivity index (χ2v) is 2.90. The van der Waals surface area contributed by atoms with Gasteiger partial charge in [-0.3, -0.25) is 10.1 Å². The van der Waals surface area contributed by atoms with E-state index >= 15 is 0 Å². The third-order valence-electron chi connectivity index (χ3n) is 1.98. The summed E-state index contributed by atoms with van der Waals surface area (Å²) in [6.07, 6.45) is 1.89. The van der Waals surface area contributed by atoms with Gasteiger partial charge in [0.25, 0.3) is 0 Å². The van der Waals surface area contributed by atoms with Crippen molar-refractivity contribution in [3.8, 4) is 0 Å². The molecule has 0 aliphatic heterocycles. The molecule has 0 saturated heterocycles. The molecule has 0 aromatic carbocycles. The zero-order valence-electron chi connectivity index (χ0n) is 6.29. The number of allylic oxidation sites excluding steroid dienone is 1. The van der Waals surface area contributed by atoms with Crippen LogP contribution in [0.1, 0.15) is 19.8 Å². The molecule has 11 heavy (non-hydrogen) atoms. The minimum Gasteiger partial charge on any atom is -0.264 e. The molecule has 1 rings (SSSR count). The van der Waals surface area contributed by atoms with Gasteiger partial charge in [0, 0.05) is 23.7 Å². The highest BCUT2D eigenvalue weighted by Gasteiger charge is 2.28. The number of hydrogen-bond donors (Lipinski definition) is 0. The number of halogens is 1. The van der Waals surface area contributed by atoms with Gasteiger partial charge in [0.2, 0.25) is 6.04 Å². The molecule has 0 heterocycles. The Labute approximate surface area is 64.1 Å². The highest BCUT2D eigenvalue weighted by molar-refractivity contribution is 5.02. The summed E-state index contributed by atoms with van der Waals surface area (Å²) in [5.74, 6) is -0.484. The Morgan fingerprint density at radius 1 is 1.82 bits per heavy atom. The highest BCUT2D eigenvalue weighted by atomic mass is 19.1. The molecule has 1 aliphatic carbocycles. The minimum absolute atomic E-state index is 0.205. The number of hydrogen-bond acceptors (Lipinski definition) is 2. The molecule has 0 spiro atoms. The molecular formula is C7H10FNO2. The molecule has 0 N–H and O–H groups in total. The van der Waals surface area contributed by atoms with Gasteiger partial charge in [-0.25, -0.2) is 4.39 Å². The maximum Gasteiger partial charge on any atom is 0.217 e. The molecule has 1 aliphatic rings. The molecule has 62 valence electrons. The van der Waals surface area contributed by atoms with Crippen LogP contribution in [0.15, 0.2) is 11.9 Å². The second-order valence-electron chi connectivity index (χ2n) is 2.90. The smallest absolute Gasteiger partial charge is 0.217 e. The maximum atomic E-state index is 12.7. The van der Waals surface area contributed by atoms with Crippen LogP contribution >= 0.6 is 0 Å². The Hall–Kier alpha value is -0.930. The molecule has 3 nitrogen and oxygen atoms in total. The lowest BCUT2D eigenvalue weighted by Crippen LogP contribution is -2.24. The molecule has 0 bridgehead atoms. The van der Waals surface area contributed by atoms with Crippen molar-refractivity contribution >= 4 is 0 Å². The van der Waals surface area contributed by atoms with Crippen molar-refractivity contribution in [1.82, 2.24) is 0 Å². The van der Waals surface area contributed by atoms with Gasteiger partial charge in [-0.2, -0.15) is 0 Å². The van der Waals surface area contributed by atoms with E-state index in [4.69, 9.17) is 0 Å². The van der Waals surface area contributed by atoms with Crippen LogP contribution < -0.4 is 0 Å². The monoisotopic (exact) mass is 159 g/mol. The van der Waals surface area contributed by atoms with E-state index in [1.54, 1.807) is 6.92 Å². The van der Waals surface area contributed by atoms with E-state index in [0.717, 1.165) is 0 Å². The fourth-order valence-electron chi connectivity index (χ4n) is 1.24. The van der Waals surface area contributed by atoms with Gasteiger partial charge in [0.15, 0.2) is 0 Å². The first-order valence-corrected chi connectivity index (χ1v) is 3.60. The summed E-state index contributed by atoms with van der Waals surface area (Å²) in [4.78, 5) is 9.93. The molecule has 0 fully saturated rings.